The van der Waals surface area contributed by atoms with Crippen molar-refractivity contribution in [3.63, 3.8) is 0 Å². The molecule has 7 rings (SSSR count). The van der Waals surface area contributed by atoms with Crippen LogP contribution in [0.1, 0.15) is 0 Å². The normalized spacial score (nSPS) is 11.6. The summed E-state index contributed by atoms with van der Waals surface area (Å²) in [5.74, 6) is 0. The highest BCUT2D eigenvalue weighted by molar-refractivity contribution is 7.85. The van der Waals surface area contributed by atoms with Gasteiger partial charge >= 0.3 is 0 Å². The molecule has 1 aromatic heterocycles. The van der Waals surface area contributed by atoms with Crippen LogP contribution in [0.15, 0.2) is 158 Å². The first-order valence-electron chi connectivity index (χ1n) is 13.4. The fourth-order valence-electron chi connectivity index (χ4n) is 5.57. The summed E-state index contributed by atoms with van der Waals surface area (Å²) >= 11 is 0. The van der Waals surface area contributed by atoms with E-state index in [1.54, 1.807) is 0 Å². The van der Waals surface area contributed by atoms with Crippen molar-refractivity contribution < 1.29 is 4.57 Å². The zero-order chi connectivity index (χ0) is 26.9. The molecule has 0 amide bonds. The molecule has 40 heavy (non-hydrogen) atoms. The van der Waals surface area contributed by atoms with Crippen molar-refractivity contribution in [1.82, 2.24) is 4.98 Å². The molecule has 7 aromatic rings. The van der Waals surface area contributed by atoms with E-state index in [9.17, 15) is 4.57 Å². The minimum atomic E-state index is -3.03. The van der Waals surface area contributed by atoms with Gasteiger partial charge in [-0.05, 0) is 34.0 Å². The van der Waals surface area contributed by atoms with E-state index in [-0.39, 0.29) is 0 Å². The van der Waals surface area contributed by atoms with Crippen molar-refractivity contribution in [3.8, 4) is 22.4 Å². The van der Waals surface area contributed by atoms with Crippen molar-refractivity contribution >= 4 is 44.7 Å². The molecular formula is C37H26NOP. The number of hydrogen-bond acceptors (Lipinski definition) is 2. The Balaban J connectivity index is 1.40. The highest BCUT2D eigenvalue weighted by atomic mass is 31.2. The molecule has 0 unspecified atom stereocenters. The summed E-state index contributed by atoms with van der Waals surface area (Å²) in [7, 11) is -3.03. The van der Waals surface area contributed by atoms with Crippen LogP contribution in [-0.2, 0) is 4.57 Å². The summed E-state index contributed by atoms with van der Waals surface area (Å²) in [4.78, 5) is 5.12. The van der Waals surface area contributed by atoms with Crippen molar-refractivity contribution in [2.75, 3.05) is 0 Å². The van der Waals surface area contributed by atoms with Crippen LogP contribution in [0.25, 0.3) is 44.1 Å². The second kappa shape index (κ2) is 10.1. The first-order chi connectivity index (χ1) is 19.7. The smallest absolute Gasteiger partial charge is 0.171 e. The molecule has 0 saturated heterocycles. The molecule has 0 saturated carbocycles. The van der Waals surface area contributed by atoms with Crippen molar-refractivity contribution in [2.24, 2.45) is 0 Å². The molecule has 3 heteroatoms. The van der Waals surface area contributed by atoms with Gasteiger partial charge in [0.2, 0.25) is 0 Å². The van der Waals surface area contributed by atoms with Crippen LogP contribution in [0.5, 0.6) is 0 Å². The standard InChI is InChI=1S/C37H26NOP/c39-40(30-15-6-2-7-16-30,31-17-8-3-9-18-31)32-23-20-29(21-24-32)36-26-34(27-12-4-1-5-13-27)37-33-19-11-10-14-28(33)22-25-35(37)38-36/h1-26H. The van der Waals surface area contributed by atoms with Crippen LogP contribution < -0.4 is 15.9 Å². The molecule has 0 aliphatic heterocycles. The molecule has 0 aliphatic carbocycles. The number of fused-ring (bicyclic) bond motifs is 3. The Morgan fingerprint density at radius 2 is 1.02 bits per heavy atom. The number of benzene rings is 6. The summed E-state index contributed by atoms with van der Waals surface area (Å²) in [6.45, 7) is 0. The zero-order valence-electron chi connectivity index (χ0n) is 21.8. The maximum Gasteiger partial charge on any atom is 0.171 e. The van der Waals surface area contributed by atoms with Gasteiger partial charge in [0.15, 0.2) is 7.14 Å². The fourth-order valence-corrected chi connectivity index (χ4v) is 8.21. The molecule has 0 aliphatic rings. The van der Waals surface area contributed by atoms with Crippen molar-refractivity contribution in [1.29, 1.82) is 0 Å². The summed E-state index contributed by atoms with van der Waals surface area (Å²) < 4.78 is 14.8. The summed E-state index contributed by atoms with van der Waals surface area (Å²) in [6, 6.07) is 53.1. The average molecular weight is 532 g/mol. The van der Waals surface area contributed by atoms with E-state index in [1.165, 1.54) is 10.8 Å². The van der Waals surface area contributed by atoms with E-state index in [1.807, 2.05) is 78.9 Å². The van der Waals surface area contributed by atoms with E-state index in [2.05, 4.69) is 78.9 Å². The molecular weight excluding hydrogens is 505 g/mol. The summed E-state index contributed by atoms with van der Waals surface area (Å²) in [5, 5.41) is 6.02. The summed E-state index contributed by atoms with van der Waals surface area (Å²) in [6.07, 6.45) is 0. The predicted octanol–water partition coefficient (Wildman–Crippen LogP) is 8.36. The van der Waals surface area contributed by atoms with Crippen LogP contribution in [0.3, 0.4) is 0 Å². The number of hydrogen-bond donors (Lipinski definition) is 0. The van der Waals surface area contributed by atoms with Gasteiger partial charge in [-0.3, -0.25) is 0 Å². The number of pyridine rings is 1. The highest BCUT2D eigenvalue weighted by Crippen LogP contribution is 2.43. The second-order valence-electron chi connectivity index (χ2n) is 9.93. The largest absolute Gasteiger partial charge is 0.309 e. The lowest BCUT2D eigenvalue weighted by molar-refractivity contribution is 0.592. The van der Waals surface area contributed by atoms with Gasteiger partial charge in [-0.15, -0.1) is 0 Å². The van der Waals surface area contributed by atoms with E-state index >= 15 is 0 Å². The first-order valence-corrected chi connectivity index (χ1v) is 15.1. The molecule has 0 spiro atoms. The Morgan fingerprint density at radius 3 is 1.68 bits per heavy atom. The molecule has 0 fully saturated rings. The van der Waals surface area contributed by atoms with Crippen LogP contribution in [0.4, 0.5) is 0 Å². The Morgan fingerprint density at radius 1 is 0.475 bits per heavy atom. The zero-order valence-corrected chi connectivity index (χ0v) is 22.7. The van der Waals surface area contributed by atoms with Gasteiger partial charge in [-0.25, -0.2) is 4.98 Å². The third kappa shape index (κ3) is 4.14. The van der Waals surface area contributed by atoms with Crippen LogP contribution in [-0.4, -0.2) is 4.98 Å². The number of rotatable bonds is 5. The van der Waals surface area contributed by atoms with Gasteiger partial charge in [0.1, 0.15) is 0 Å². The topological polar surface area (TPSA) is 30.0 Å². The summed E-state index contributed by atoms with van der Waals surface area (Å²) in [5.41, 5.74) is 5.15. The Bertz CT molecular complexity index is 1960. The van der Waals surface area contributed by atoms with Gasteiger partial charge in [-0.2, -0.15) is 0 Å². The molecule has 0 atom stereocenters. The molecule has 1 heterocycles. The SMILES string of the molecule is O=P(c1ccccc1)(c1ccccc1)c1ccc(-c2cc(-c3ccccc3)c3c(ccc4ccccc43)n2)cc1. The average Bonchev–Trinajstić information content (AvgIpc) is 3.05. The van der Waals surface area contributed by atoms with E-state index < -0.39 is 7.14 Å². The first kappa shape index (κ1) is 24.3. The lowest BCUT2D eigenvalue weighted by atomic mass is 9.94. The molecule has 190 valence electrons. The molecule has 0 N–H and O–H groups in total. The lowest BCUT2D eigenvalue weighted by Gasteiger charge is -2.20. The third-order valence-electron chi connectivity index (χ3n) is 7.55. The quantitative estimate of drug-likeness (QED) is 0.165. The van der Waals surface area contributed by atoms with Gasteiger partial charge < -0.3 is 4.57 Å². The molecule has 0 radical (unpaired) electrons. The molecule has 2 nitrogen and oxygen atoms in total. The maximum absolute atomic E-state index is 14.8. The van der Waals surface area contributed by atoms with Gasteiger partial charge in [-0.1, -0.05) is 146 Å². The van der Waals surface area contributed by atoms with E-state index in [0.717, 1.165) is 49.2 Å². The van der Waals surface area contributed by atoms with Gasteiger partial charge in [0.05, 0.1) is 11.2 Å². The molecule has 6 aromatic carbocycles. The Hall–Kier alpha value is -4.78. The number of aromatic nitrogens is 1. The minimum Gasteiger partial charge on any atom is -0.309 e. The van der Waals surface area contributed by atoms with Gasteiger partial charge in [0.25, 0.3) is 0 Å². The maximum atomic E-state index is 14.8. The Labute approximate surface area is 234 Å². The van der Waals surface area contributed by atoms with Crippen LogP contribution >= 0.6 is 7.14 Å². The third-order valence-corrected chi connectivity index (χ3v) is 10.6. The van der Waals surface area contributed by atoms with Gasteiger partial charge in [0, 0.05) is 26.9 Å². The van der Waals surface area contributed by atoms with Crippen LogP contribution in [0, 0.1) is 0 Å². The van der Waals surface area contributed by atoms with Crippen LogP contribution in [0.2, 0.25) is 0 Å². The highest BCUT2D eigenvalue weighted by Gasteiger charge is 2.29. The lowest BCUT2D eigenvalue weighted by Crippen LogP contribution is -2.24. The fraction of sp³-hybridized carbons (Fsp3) is 0. The Kier molecular flexibility index (Phi) is 6.11. The number of nitrogens with zero attached hydrogens (tertiary/aromatic N) is 1. The minimum absolute atomic E-state index is 0.809. The van der Waals surface area contributed by atoms with E-state index in [4.69, 9.17) is 4.98 Å². The van der Waals surface area contributed by atoms with Crippen molar-refractivity contribution in [2.45, 2.75) is 0 Å². The predicted molar refractivity (Wildman–Crippen MR) is 170 cm³/mol. The monoisotopic (exact) mass is 531 g/mol. The van der Waals surface area contributed by atoms with E-state index in [0.29, 0.717) is 0 Å². The molecule has 0 bridgehead atoms. The van der Waals surface area contributed by atoms with Crippen molar-refractivity contribution in [3.05, 3.63) is 158 Å². The second-order valence-corrected chi connectivity index (χ2v) is 12.7.